The van der Waals surface area contributed by atoms with E-state index in [-0.39, 0.29) is 11.4 Å². The Morgan fingerprint density at radius 2 is 1.90 bits per heavy atom. The van der Waals surface area contributed by atoms with Crippen molar-refractivity contribution in [3.8, 4) is 5.75 Å². The molecule has 1 fully saturated rings. The first kappa shape index (κ1) is 19.7. The average Bonchev–Trinajstić information content (AvgIpc) is 3.23. The molecule has 0 aliphatic carbocycles. The molecular formula is C23H21ClN2O2S. The first-order chi connectivity index (χ1) is 14.2. The normalized spacial score (nSPS) is 15.9. The number of benzene rings is 3. The van der Waals surface area contributed by atoms with Crippen molar-refractivity contribution in [1.29, 1.82) is 0 Å². The van der Waals surface area contributed by atoms with Crippen LogP contribution in [0.4, 0.5) is 10.5 Å². The predicted octanol–water partition coefficient (Wildman–Crippen LogP) is 6.20. The summed E-state index contributed by atoms with van der Waals surface area (Å²) in [5, 5.41) is 3.49. The molecule has 1 unspecified atom stereocenters. The summed E-state index contributed by atoms with van der Waals surface area (Å²) < 4.78 is 5.95. The van der Waals surface area contributed by atoms with Crippen molar-refractivity contribution in [3.05, 3.63) is 95.0 Å². The third-order valence-electron chi connectivity index (χ3n) is 4.62. The van der Waals surface area contributed by atoms with Crippen molar-refractivity contribution in [1.82, 2.24) is 4.90 Å². The van der Waals surface area contributed by atoms with Crippen LogP contribution in [0.25, 0.3) is 0 Å². The van der Waals surface area contributed by atoms with E-state index in [9.17, 15) is 4.79 Å². The van der Waals surface area contributed by atoms with Crippen LogP contribution in [0.1, 0.15) is 16.5 Å². The van der Waals surface area contributed by atoms with Crippen molar-refractivity contribution < 1.29 is 9.53 Å². The molecule has 2 amide bonds. The smallest absolute Gasteiger partial charge is 0.323 e. The number of urea groups is 1. The maximum absolute atomic E-state index is 12.8. The molecule has 1 saturated heterocycles. The number of nitrogens with one attached hydrogen (secondary N) is 1. The molecule has 4 rings (SSSR count). The molecule has 4 nitrogen and oxygen atoms in total. The van der Waals surface area contributed by atoms with E-state index in [4.69, 9.17) is 16.3 Å². The van der Waals surface area contributed by atoms with Gasteiger partial charge in [-0.2, -0.15) is 0 Å². The number of nitrogens with zero attached hydrogens (tertiary/aromatic N) is 1. The number of carbonyl (C=O) groups is 1. The van der Waals surface area contributed by atoms with Gasteiger partial charge in [0, 0.05) is 23.0 Å². The number of ether oxygens (including phenoxy) is 1. The first-order valence-electron chi connectivity index (χ1n) is 9.40. The van der Waals surface area contributed by atoms with Crippen molar-refractivity contribution in [2.24, 2.45) is 0 Å². The minimum absolute atomic E-state index is 0.0468. The zero-order valence-electron chi connectivity index (χ0n) is 15.8. The van der Waals surface area contributed by atoms with Gasteiger partial charge in [0.25, 0.3) is 0 Å². The summed E-state index contributed by atoms with van der Waals surface area (Å²) in [5.41, 5.74) is 2.87. The second-order valence-electron chi connectivity index (χ2n) is 6.70. The Bertz CT molecular complexity index is 983. The number of halogens is 1. The summed E-state index contributed by atoms with van der Waals surface area (Å²) in [6, 6.07) is 25.1. The number of amides is 2. The number of rotatable bonds is 5. The SMILES string of the molecule is O=C(Nc1cccc(Cl)c1)N1CCSC1c1cccc(OCc2ccccc2)c1. The highest BCUT2D eigenvalue weighted by atomic mass is 35.5. The molecule has 0 radical (unpaired) electrons. The molecule has 29 heavy (non-hydrogen) atoms. The number of thioether (sulfide) groups is 1. The monoisotopic (exact) mass is 424 g/mol. The largest absolute Gasteiger partial charge is 0.489 e. The lowest BCUT2D eigenvalue weighted by Gasteiger charge is -2.25. The quantitative estimate of drug-likeness (QED) is 0.530. The van der Waals surface area contributed by atoms with E-state index in [1.807, 2.05) is 71.6 Å². The van der Waals surface area contributed by atoms with Crippen LogP contribution in [0.15, 0.2) is 78.9 Å². The second kappa shape index (κ2) is 9.25. The van der Waals surface area contributed by atoms with E-state index in [2.05, 4.69) is 5.32 Å². The third kappa shape index (κ3) is 5.05. The fourth-order valence-electron chi connectivity index (χ4n) is 3.21. The van der Waals surface area contributed by atoms with Crippen LogP contribution in [-0.4, -0.2) is 23.2 Å². The van der Waals surface area contributed by atoms with E-state index < -0.39 is 0 Å². The first-order valence-corrected chi connectivity index (χ1v) is 10.8. The molecule has 1 atom stereocenters. The van der Waals surface area contributed by atoms with Gasteiger partial charge in [0.05, 0.1) is 0 Å². The molecule has 1 aliphatic heterocycles. The van der Waals surface area contributed by atoms with E-state index >= 15 is 0 Å². The fraction of sp³-hybridized carbons (Fsp3) is 0.174. The van der Waals surface area contributed by atoms with Gasteiger partial charge in [-0.3, -0.25) is 0 Å². The summed E-state index contributed by atoms with van der Waals surface area (Å²) in [5.74, 6) is 1.69. The van der Waals surface area contributed by atoms with Crippen LogP contribution >= 0.6 is 23.4 Å². The summed E-state index contributed by atoms with van der Waals surface area (Å²) in [6.45, 7) is 1.21. The van der Waals surface area contributed by atoms with E-state index in [1.165, 1.54) is 0 Å². The van der Waals surface area contributed by atoms with Gasteiger partial charge < -0.3 is 15.0 Å². The van der Waals surface area contributed by atoms with Gasteiger partial charge in [-0.15, -0.1) is 11.8 Å². The molecule has 3 aromatic rings. The second-order valence-corrected chi connectivity index (χ2v) is 8.33. The summed E-state index contributed by atoms with van der Waals surface area (Å²) in [7, 11) is 0. The molecule has 148 valence electrons. The highest BCUT2D eigenvalue weighted by Crippen LogP contribution is 2.39. The Balaban J connectivity index is 1.44. The lowest BCUT2D eigenvalue weighted by Crippen LogP contribution is -2.34. The van der Waals surface area contributed by atoms with Gasteiger partial charge >= 0.3 is 6.03 Å². The Morgan fingerprint density at radius 1 is 1.07 bits per heavy atom. The van der Waals surface area contributed by atoms with Crippen LogP contribution in [0.5, 0.6) is 5.75 Å². The van der Waals surface area contributed by atoms with E-state index in [0.29, 0.717) is 23.9 Å². The minimum Gasteiger partial charge on any atom is -0.489 e. The number of hydrogen-bond acceptors (Lipinski definition) is 3. The molecule has 0 bridgehead atoms. The lowest BCUT2D eigenvalue weighted by molar-refractivity contribution is 0.214. The molecule has 1 N–H and O–H groups in total. The zero-order valence-corrected chi connectivity index (χ0v) is 17.3. The maximum Gasteiger partial charge on any atom is 0.323 e. The molecule has 1 aliphatic rings. The number of anilines is 1. The van der Waals surface area contributed by atoms with Gasteiger partial charge in [-0.25, -0.2) is 4.79 Å². The minimum atomic E-state index is -0.127. The highest BCUT2D eigenvalue weighted by molar-refractivity contribution is 7.99. The molecule has 0 aromatic heterocycles. The van der Waals surface area contributed by atoms with Crippen LogP contribution in [0.2, 0.25) is 5.02 Å². The topological polar surface area (TPSA) is 41.6 Å². The van der Waals surface area contributed by atoms with Crippen molar-refractivity contribution >= 4 is 35.1 Å². The zero-order chi connectivity index (χ0) is 20.1. The number of hydrogen-bond donors (Lipinski definition) is 1. The summed E-state index contributed by atoms with van der Waals surface area (Å²) >= 11 is 7.77. The predicted molar refractivity (Wildman–Crippen MR) is 120 cm³/mol. The Kier molecular flexibility index (Phi) is 6.27. The molecule has 6 heteroatoms. The van der Waals surface area contributed by atoms with Crippen LogP contribution in [-0.2, 0) is 6.61 Å². The third-order valence-corrected chi connectivity index (χ3v) is 6.12. The van der Waals surface area contributed by atoms with Crippen molar-refractivity contribution in [2.45, 2.75) is 12.0 Å². The molecule has 3 aromatic carbocycles. The van der Waals surface area contributed by atoms with Gasteiger partial charge in [0.1, 0.15) is 17.7 Å². The molecular weight excluding hydrogens is 404 g/mol. The summed E-state index contributed by atoms with van der Waals surface area (Å²) in [6.07, 6.45) is 0. The van der Waals surface area contributed by atoms with Gasteiger partial charge in [-0.1, -0.05) is 60.1 Å². The molecule has 0 spiro atoms. The molecule has 0 saturated carbocycles. The summed E-state index contributed by atoms with van der Waals surface area (Å²) in [4.78, 5) is 14.7. The van der Waals surface area contributed by atoms with Crippen molar-refractivity contribution in [2.75, 3.05) is 17.6 Å². The van der Waals surface area contributed by atoms with Gasteiger partial charge in [0.15, 0.2) is 0 Å². The maximum atomic E-state index is 12.8. The lowest BCUT2D eigenvalue weighted by atomic mass is 10.2. The van der Waals surface area contributed by atoms with Gasteiger partial charge in [0.2, 0.25) is 0 Å². The Hall–Kier alpha value is -2.63. The van der Waals surface area contributed by atoms with Crippen LogP contribution in [0, 0.1) is 0 Å². The fourth-order valence-corrected chi connectivity index (χ4v) is 4.65. The Labute approximate surface area is 179 Å². The average molecular weight is 425 g/mol. The number of carbonyl (C=O) groups excluding carboxylic acids is 1. The van der Waals surface area contributed by atoms with E-state index in [1.54, 1.807) is 23.9 Å². The molecule has 1 heterocycles. The van der Waals surface area contributed by atoms with Crippen molar-refractivity contribution in [3.63, 3.8) is 0 Å². The Morgan fingerprint density at radius 3 is 2.72 bits per heavy atom. The standard InChI is InChI=1S/C23H21ClN2O2S/c24-19-9-5-10-20(15-19)25-23(27)26-12-13-29-22(26)18-8-4-11-21(14-18)28-16-17-6-2-1-3-7-17/h1-11,14-15,22H,12-13,16H2,(H,25,27). The van der Waals surface area contributed by atoms with Crippen LogP contribution < -0.4 is 10.1 Å². The van der Waals surface area contributed by atoms with E-state index in [0.717, 1.165) is 22.6 Å². The van der Waals surface area contributed by atoms with Gasteiger partial charge in [-0.05, 0) is 41.5 Å². The van der Waals surface area contributed by atoms with Crippen LogP contribution in [0.3, 0.4) is 0 Å². The highest BCUT2D eigenvalue weighted by Gasteiger charge is 2.31.